The first-order valence-corrected chi connectivity index (χ1v) is 5.00. The van der Waals surface area contributed by atoms with Crippen LogP contribution in [-0.4, -0.2) is 9.85 Å². The van der Waals surface area contributed by atoms with Crippen LogP contribution in [0.5, 0.6) is 0 Å². The Balaban J connectivity index is 2.97. The molecule has 0 atom stereocenters. The van der Waals surface area contributed by atoms with E-state index >= 15 is 0 Å². The van der Waals surface area contributed by atoms with Gasteiger partial charge in [0.25, 0.3) is 0 Å². The lowest BCUT2D eigenvalue weighted by Gasteiger charge is -1.91. The summed E-state index contributed by atoms with van der Waals surface area (Å²) in [5.74, 6) is 0. The van der Waals surface area contributed by atoms with E-state index in [1.807, 2.05) is 0 Å². The fraction of sp³-hybridized carbons (Fsp3) is 0.250. The molecule has 1 heterocycles. The monoisotopic (exact) mass is 228 g/mol. The Morgan fingerprint density at radius 1 is 1.53 bits per heavy atom. The smallest absolute Gasteiger partial charge is 0.259 e. The molecule has 0 unspecified atom stereocenters. The molecule has 0 aromatic carbocycles. The Hall–Kier alpha value is -1.76. The first kappa shape index (κ1) is 11.3. The summed E-state index contributed by atoms with van der Waals surface area (Å²) in [4.78, 5) is 19.9. The van der Waals surface area contributed by atoms with Crippen molar-refractivity contribution in [2.75, 3.05) is 0 Å². The Morgan fingerprint density at radius 2 is 2.20 bits per heavy atom. The second-order valence-corrected chi connectivity index (χ2v) is 3.61. The Morgan fingerprint density at radius 3 is 2.60 bits per heavy atom. The summed E-state index contributed by atoms with van der Waals surface area (Å²) in [7, 11) is 0. The molecule has 80 valence electrons. The number of thiophene rings is 1. The van der Waals surface area contributed by atoms with Crippen molar-refractivity contribution in [2.24, 2.45) is 0 Å². The van der Waals surface area contributed by atoms with E-state index in [2.05, 4.69) is 0 Å². The molecule has 0 aliphatic carbocycles. The van der Waals surface area contributed by atoms with Gasteiger partial charge in [-0.2, -0.15) is 0 Å². The van der Waals surface area contributed by atoms with Gasteiger partial charge in [-0.15, -0.1) is 0 Å². The fourth-order valence-electron chi connectivity index (χ4n) is 0.987. The highest BCUT2D eigenvalue weighted by Gasteiger charge is 2.12. The van der Waals surface area contributed by atoms with E-state index in [4.69, 9.17) is 0 Å². The van der Waals surface area contributed by atoms with E-state index in [1.54, 1.807) is 6.92 Å². The lowest BCUT2D eigenvalue weighted by molar-refractivity contribution is -0.425. The summed E-state index contributed by atoms with van der Waals surface area (Å²) in [6, 6.07) is 1.32. The van der Waals surface area contributed by atoms with Gasteiger partial charge in [-0.1, -0.05) is 18.3 Å². The quantitative estimate of drug-likeness (QED) is 0.585. The molecule has 0 spiro atoms. The molecule has 1 aromatic heterocycles. The zero-order valence-corrected chi connectivity index (χ0v) is 8.69. The second kappa shape index (κ2) is 4.65. The van der Waals surface area contributed by atoms with Gasteiger partial charge in [-0.3, -0.25) is 20.2 Å². The zero-order valence-electron chi connectivity index (χ0n) is 7.87. The largest absolute Gasteiger partial charge is 0.324 e. The normalized spacial score (nSPS) is 11.4. The summed E-state index contributed by atoms with van der Waals surface area (Å²) in [5, 5.41) is 22.4. The molecule has 7 heteroatoms. The molecule has 0 aliphatic rings. The zero-order chi connectivity index (χ0) is 11.4. The van der Waals surface area contributed by atoms with Crippen molar-refractivity contribution < 1.29 is 9.85 Å². The van der Waals surface area contributed by atoms with Crippen LogP contribution in [0.2, 0.25) is 0 Å². The fourth-order valence-corrected chi connectivity index (χ4v) is 1.67. The standard InChI is InChI=1S/C8H8N2O4S/c1-2-7(9(11)12)3-6-4-8(10(13)14)15-5-6/h3-5H,2H2,1H3. The minimum absolute atomic E-state index is 0.0138. The van der Waals surface area contributed by atoms with E-state index in [0.717, 1.165) is 11.3 Å². The molecule has 0 fully saturated rings. The summed E-state index contributed by atoms with van der Waals surface area (Å²) in [6.07, 6.45) is 1.64. The molecule has 6 nitrogen and oxygen atoms in total. The minimum Gasteiger partial charge on any atom is -0.259 e. The molecule has 0 aliphatic heterocycles. The lowest BCUT2D eigenvalue weighted by Crippen LogP contribution is -1.96. The second-order valence-electron chi connectivity index (χ2n) is 2.72. The third kappa shape index (κ3) is 2.84. The Kier molecular flexibility index (Phi) is 3.51. The maximum Gasteiger partial charge on any atom is 0.324 e. The summed E-state index contributed by atoms with van der Waals surface area (Å²) < 4.78 is 0. The van der Waals surface area contributed by atoms with Crippen LogP contribution in [0.4, 0.5) is 5.00 Å². The van der Waals surface area contributed by atoms with Gasteiger partial charge in [0.15, 0.2) is 0 Å². The number of allylic oxidation sites excluding steroid dienone is 1. The highest BCUT2D eigenvalue weighted by molar-refractivity contribution is 7.13. The summed E-state index contributed by atoms with van der Waals surface area (Å²) in [6.45, 7) is 1.66. The Bertz CT molecular complexity index is 424. The van der Waals surface area contributed by atoms with Gasteiger partial charge in [0.05, 0.1) is 9.85 Å². The van der Waals surface area contributed by atoms with Crippen molar-refractivity contribution in [3.8, 4) is 0 Å². The Labute approximate surface area is 89.1 Å². The van der Waals surface area contributed by atoms with Crippen LogP contribution >= 0.6 is 11.3 Å². The topological polar surface area (TPSA) is 86.3 Å². The number of nitrogens with zero attached hydrogens (tertiary/aromatic N) is 2. The molecule has 1 aromatic rings. The predicted octanol–water partition coefficient (Wildman–Crippen LogP) is 2.68. The number of rotatable bonds is 4. The minimum atomic E-state index is -0.514. The summed E-state index contributed by atoms with van der Waals surface area (Å²) in [5.41, 5.74) is 0.544. The van der Waals surface area contributed by atoms with Crippen molar-refractivity contribution in [3.05, 3.63) is 42.9 Å². The van der Waals surface area contributed by atoms with Crippen LogP contribution in [-0.2, 0) is 0 Å². The maximum absolute atomic E-state index is 10.5. The van der Waals surface area contributed by atoms with Crippen molar-refractivity contribution in [1.29, 1.82) is 0 Å². The average molecular weight is 228 g/mol. The number of hydrogen-bond donors (Lipinski definition) is 0. The van der Waals surface area contributed by atoms with Crippen molar-refractivity contribution in [3.63, 3.8) is 0 Å². The number of nitro groups is 2. The molecular weight excluding hydrogens is 220 g/mol. The van der Waals surface area contributed by atoms with Crippen LogP contribution < -0.4 is 0 Å². The highest BCUT2D eigenvalue weighted by Crippen LogP contribution is 2.24. The van der Waals surface area contributed by atoms with E-state index in [-0.39, 0.29) is 17.1 Å². The van der Waals surface area contributed by atoms with Gasteiger partial charge >= 0.3 is 5.00 Å². The van der Waals surface area contributed by atoms with Gasteiger partial charge in [0, 0.05) is 23.9 Å². The first-order chi connectivity index (χ1) is 7.04. The first-order valence-electron chi connectivity index (χ1n) is 4.12. The molecule has 0 N–H and O–H groups in total. The predicted molar refractivity (Wildman–Crippen MR) is 56.2 cm³/mol. The van der Waals surface area contributed by atoms with E-state index < -0.39 is 9.85 Å². The average Bonchev–Trinajstić information content (AvgIpc) is 2.61. The molecule has 0 radical (unpaired) electrons. The van der Waals surface area contributed by atoms with Crippen molar-refractivity contribution >= 4 is 22.4 Å². The van der Waals surface area contributed by atoms with Crippen LogP contribution in [0.3, 0.4) is 0 Å². The van der Waals surface area contributed by atoms with E-state index in [1.165, 1.54) is 17.5 Å². The molecule has 0 saturated carbocycles. The SMILES string of the molecule is CCC(=Cc1csc([N+](=O)[O-])c1)[N+](=O)[O-]. The van der Waals surface area contributed by atoms with Gasteiger partial charge < -0.3 is 0 Å². The third-order valence-corrected chi connectivity index (χ3v) is 2.61. The van der Waals surface area contributed by atoms with E-state index in [0.29, 0.717) is 5.56 Å². The van der Waals surface area contributed by atoms with Crippen LogP contribution in [0.15, 0.2) is 17.1 Å². The van der Waals surface area contributed by atoms with Crippen LogP contribution in [0.1, 0.15) is 18.9 Å². The van der Waals surface area contributed by atoms with Gasteiger partial charge in [-0.25, -0.2) is 0 Å². The van der Waals surface area contributed by atoms with E-state index in [9.17, 15) is 20.2 Å². The number of hydrogen-bond acceptors (Lipinski definition) is 5. The maximum atomic E-state index is 10.5. The van der Waals surface area contributed by atoms with Crippen LogP contribution in [0.25, 0.3) is 6.08 Å². The molecule has 15 heavy (non-hydrogen) atoms. The molecule has 1 rings (SSSR count). The van der Waals surface area contributed by atoms with Gasteiger partial charge in [0.1, 0.15) is 0 Å². The molecule has 0 bridgehead atoms. The molecular formula is C8H8N2O4S. The molecule has 0 saturated heterocycles. The van der Waals surface area contributed by atoms with Gasteiger partial charge in [0.2, 0.25) is 5.70 Å². The third-order valence-electron chi connectivity index (χ3n) is 1.72. The molecule has 0 amide bonds. The lowest BCUT2D eigenvalue weighted by atomic mass is 10.2. The summed E-state index contributed by atoms with van der Waals surface area (Å²) >= 11 is 0.956. The highest BCUT2D eigenvalue weighted by atomic mass is 32.1. The van der Waals surface area contributed by atoms with Crippen molar-refractivity contribution in [1.82, 2.24) is 0 Å². The van der Waals surface area contributed by atoms with Crippen LogP contribution in [0, 0.1) is 20.2 Å². The van der Waals surface area contributed by atoms with Gasteiger partial charge in [-0.05, 0) is 5.56 Å². The van der Waals surface area contributed by atoms with Crippen molar-refractivity contribution in [2.45, 2.75) is 13.3 Å².